The van der Waals surface area contributed by atoms with E-state index >= 15 is 0 Å². The Bertz CT molecular complexity index is 783. The van der Waals surface area contributed by atoms with Gasteiger partial charge in [-0.15, -0.1) is 24.0 Å². The van der Waals surface area contributed by atoms with E-state index in [-0.39, 0.29) is 29.7 Å². The summed E-state index contributed by atoms with van der Waals surface area (Å²) in [6, 6.07) is 15.7. The summed E-state index contributed by atoms with van der Waals surface area (Å²) < 4.78 is 5.36. The fraction of sp³-hybridized carbons (Fsp3) is 0.409. The number of phenols is 1. The van der Waals surface area contributed by atoms with E-state index in [1.165, 1.54) is 5.69 Å². The third-order valence-electron chi connectivity index (χ3n) is 4.88. The standard InChI is InChI=1S/C22H30N4O2.HI/c1-3-23-22(24-15-17-9-11-20(27)12-10-17)25-18-6-5-13-26(16-18)19-7-4-8-21(14-19)28-2;/h4,7-12,14,18,27H,3,5-6,13,15-16H2,1-2H3,(H2,23,24,25);1H. The maximum Gasteiger partial charge on any atom is 0.191 e. The summed E-state index contributed by atoms with van der Waals surface area (Å²) in [5.74, 6) is 1.99. The minimum Gasteiger partial charge on any atom is -0.508 e. The SMILES string of the molecule is CCNC(=NCc1ccc(O)cc1)NC1CCCN(c2cccc(OC)c2)C1.I. The molecule has 0 bridgehead atoms. The van der Waals surface area contributed by atoms with Crippen molar-refractivity contribution in [1.82, 2.24) is 10.6 Å². The summed E-state index contributed by atoms with van der Waals surface area (Å²) in [5, 5.41) is 16.3. The summed E-state index contributed by atoms with van der Waals surface area (Å²) in [5.41, 5.74) is 2.26. The number of piperidine rings is 1. The molecule has 0 aliphatic carbocycles. The number of benzene rings is 2. The number of halogens is 1. The Balaban J connectivity index is 0.00000300. The van der Waals surface area contributed by atoms with Gasteiger partial charge in [0.05, 0.1) is 13.7 Å². The molecule has 0 radical (unpaired) electrons. The van der Waals surface area contributed by atoms with E-state index < -0.39 is 0 Å². The van der Waals surface area contributed by atoms with Crippen molar-refractivity contribution >= 4 is 35.6 Å². The molecule has 6 nitrogen and oxygen atoms in total. The molecule has 7 heteroatoms. The molecule has 158 valence electrons. The van der Waals surface area contributed by atoms with Gasteiger partial charge in [0, 0.05) is 37.4 Å². The molecule has 0 aromatic heterocycles. The van der Waals surface area contributed by atoms with Crippen LogP contribution >= 0.6 is 24.0 Å². The molecule has 2 aromatic rings. The Morgan fingerprint density at radius 1 is 1.24 bits per heavy atom. The number of methoxy groups -OCH3 is 1. The molecule has 3 rings (SSSR count). The quantitative estimate of drug-likeness (QED) is 0.314. The highest BCUT2D eigenvalue weighted by Gasteiger charge is 2.21. The predicted octanol–water partition coefficient (Wildman–Crippen LogP) is 3.74. The van der Waals surface area contributed by atoms with Crippen LogP contribution in [0.5, 0.6) is 11.5 Å². The molecule has 1 unspecified atom stereocenters. The Morgan fingerprint density at radius 3 is 2.76 bits per heavy atom. The lowest BCUT2D eigenvalue weighted by atomic mass is 10.0. The van der Waals surface area contributed by atoms with Crippen molar-refractivity contribution in [1.29, 1.82) is 0 Å². The van der Waals surface area contributed by atoms with Crippen LogP contribution in [-0.4, -0.2) is 43.9 Å². The third kappa shape index (κ3) is 6.99. The molecule has 1 aliphatic rings. The highest BCUT2D eigenvalue weighted by Crippen LogP contribution is 2.24. The van der Waals surface area contributed by atoms with Gasteiger partial charge < -0.3 is 25.4 Å². The number of anilines is 1. The Morgan fingerprint density at radius 2 is 2.03 bits per heavy atom. The molecule has 2 aromatic carbocycles. The summed E-state index contributed by atoms with van der Waals surface area (Å²) in [4.78, 5) is 7.10. The first-order chi connectivity index (χ1) is 13.7. The molecule has 0 amide bonds. The molecular weight excluding hydrogens is 479 g/mol. The van der Waals surface area contributed by atoms with Crippen LogP contribution in [0.2, 0.25) is 0 Å². The Hall–Kier alpha value is -2.16. The van der Waals surface area contributed by atoms with Crippen LogP contribution in [0.3, 0.4) is 0 Å². The monoisotopic (exact) mass is 510 g/mol. The van der Waals surface area contributed by atoms with Gasteiger partial charge in [0.25, 0.3) is 0 Å². The number of hydrogen-bond donors (Lipinski definition) is 3. The normalized spacial score (nSPS) is 16.7. The van der Waals surface area contributed by atoms with Gasteiger partial charge in [-0.25, -0.2) is 4.99 Å². The largest absolute Gasteiger partial charge is 0.508 e. The molecule has 3 N–H and O–H groups in total. The van der Waals surface area contributed by atoms with Gasteiger partial charge in [-0.05, 0) is 49.6 Å². The van der Waals surface area contributed by atoms with Gasteiger partial charge in [-0.3, -0.25) is 0 Å². The molecular formula is C22H31IN4O2. The maximum atomic E-state index is 9.41. The Kier molecular flexibility index (Phi) is 9.37. The number of nitrogens with zero attached hydrogens (tertiary/aromatic N) is 2. The number of nitrogens with one attached hydrogen (secondary N) is 2. The minimum absolute atomic E-state index is 0. The van der Waals surface area contributed by atoms with Crippen molar-refractivity contribution in [3.05, 3.63) is 54.1 Å². The highest BCUT2D eigenvalue weighted by molar-refractivity contribution is 14.0. The van der Waals surface area contributed by atoms with Crippen LogP contribution in [-0.2, 0) is 6.54 Å². The van der Waals surface area contributed by atoms with Gasteiger partial charge in [0.1, 0.15) is 11.5 Å². The zero-order chi connectivity index (χ0) is 19.8. The average Bonchev–Trinajstić information content (AvgIpc) is 2.73. The van der Waals surface area contributed by atoms with Crippen molar-refractivity contribution in [2.45, 2.75) is 32.4 Å². The number of guanidine groups is 1. The number of rotatable bonds is 6. The molecule has 1 heterocycles. The molecule has 1 atom stereocenters. The van der Waals surface area contributed by atoms with E-state index in [1.807, 2.05) is 24.3 Å². The lowest BCUT2D eigenvalue weighted by Gasteiger charge is -2.35. The number of aliphatic imine (C=N–C) groups is 1. The first kappa shape index (κ1) is 23.1. The second-order valence-electron chi connectivity index (χ2n) is 6.99. The van der Waals surface area contributed by atoms with Gasteiger partial charge in [-0.2, -0.15) is 0 Å². The zero-order valence-electron chi connectivity index (χ0n) is 17.1. The lowest BCUT2D eigenvalue weighted by Crippen LogP contribution is -2.51. The maximum absolute atomic E-state index is 9.41. The second-order valence-corrected chi connectivity index (χ2v) is 6.99. The van der Waals surface area contributed by atoms with E-state index in [0.29, 0.717) is 12.6 Å². The summed E-state index contributed by atoms with van der Waals surface area (Å²) in [6.07, 6.45) is 2.25. The molecule has 0 saturated carbocycles. The number of aromatic hydroxyl groups is 1. The van der Waals surface area contributed by atoms with Crippen molar-refractivity contribution < 1.29 is 9.84 Å². The van der Waals surface area contributed by atoms with E-state index in [1.54, 1.807) is 19.2 Å². The van der Waals surface area contributed by atoms with Gasteiger partial charge in [0.15, 0.2) is 5.96 Å². The number of ether oxygens (including phenoxy) is 1. The van der Waals surface area contributed by atoms with Crippen molar-refractivity contribution in [2.24, 2.45) is 4.99 Å². The van der Waals surface area contributed by atoms with Crippen LogP contribution in [0.1, 0.15) is 25.3 Å². The van der Waals surface area contributed by atoms with Crippen LogP contribution in [0, 0.1) is 0 Å². The van der Waals surface area contributed by atoms with Crippen LogP contribution in [0.15, 0.2) is 53.5 Å². The second kappa shape index (κ2) is 11.7. The first-order valence-corrected chi connectivity index (χ1v) is 9.89. The fourth-order valence-corrected chi connectivity index (χ4v) is 3.42. The average molecular weight is 510 g/mol. The van der Waals surface area contributed by atoms with Gasteiger partial charge in [-0.1, -0.05) is 18.2 Å². The Labute approximate surface area is 190 Å². The molecule has 0 spiro atoms. The molecule has 1 fully saturated rings. The summed E-state index contributed by atoms with van der Waals surface area (Å²) in [6.45, 7) is 5.43. The van der Waals surface area contributed by atoms with E-state index in [0.717, 1.165) is 49.7 Å². The van der Waals surface area contributed by atoms with Crippen molar-refractivity contribution in [3.8, 4) is 11.5 Å². The van der Waals surface area contributed by atoms with Gasteiger partial charge >= 0.3 is 0 Å². The number of hydrogen-bond acceptors (Lipinski definition) is 4. The van der Waals surface area contributed by atoms with Crippen LogP contribution < -0.4 is 20.3 Å². The molecule has 1 saturated heterocycles. The highest BCUT2D eigenvalue weighted by atomic mass is 127. The van der Waals surface area contributed by atoms with Crippen molar-refractivity contribution in [2.75, 3.05) is 31.6 Å². The summed E-state index contributed by atoms with van der Waals surface area (Å²) >= 11 is 0. The molecule has 1 aliphatic heterocycles. The smallest absolute Gasteiger partial charge is 0.191 e. The predicted molar refractivity (Wildman–Crippen MR) is 130 cm³/mol. The minimum atomic E-state index is 0. The van der Waals surface area contributed by atoms with E-state index in [2.05, 4.69) is 34.6 Å². The zero-order valence-corrected chi connectivity index (χ0v) is 19.4. The number of phenolic OH excluding ortho intramolecular Hbond substituents is 1. The summed E-state index contributed by atoms with van der Waals surface area (Å²) in [7, 11) is 1.70. The molecule has 29 heavy (non-hydrogen) atoms. The lowest BCUT2D eigenvalue weighted by molar-refractivity contribution is 0.414. The van der Waals surface area contributed by atoms with Crippen molar-refractivity contribution in [3.63, 3.8) is 0 Å². The van der Waals surface area contributed by atoms with Crippen LogP contribution in [0.25, 0.3) is 0 Å². The third-order valence-corrected chi connectivity index (χ3v) is 4.88. The van der Waals surface area contributed by atoms with Gasteiger partial charge in [0.2, 0.25) is 0 Å². The first-order valence-electron chi connectivity index (χ1n) is 9.89. The topological polar surface area (TPSA) is 69.1 Å². The fourth-order valence-electron chi connectivity index (χ4n) is 3.42. The van der Waals surface area contributed by atoms with E-state index in [4.69, 9.17) is 9.73 Å². The van der Waals surface area contributed by atoms with E-state index in [9.17, 15) is 5.11 Å². The van der Waals surface area contributed by atoms with Crippen LogP contribution in [0.4, 0.5) is 5.69 Å².